The molecule has 0 aliphatic carbocycles. The molecule has 0 saturated heterocycles. The lowest BCUT2D eigenvalue weighted by atomic mass is 10.2. The van der Waals surface area contributed by atoms with Crippen molar-refractivity contribution in [2.45, 2.75) is 13.5 Å². The first-order valence-corrected chi connectivity index (χ1v) is 6.81. The SMILES string of the molecule is CCNc1cccc(C(=O)N(C)Cc2cccc(F)c2)n1. The summed E-state index contributed by atoms with van der Waals surface area (Å²) in [6.07, 6.45) is 0. The highest BCUT2D eigenvalue weighted by molar-refractivity contribution is 5.92. The summed E-state index contributed by atoms with van der Waals surface area (Å²) < 4.78 is 13.2. The molecule has 21 heavy (non-hydrogen) atoms. The van der Waals surface area contributed by atoms with Crippen LogP contribution in [0, 0.1) is 5.82 Å². The third kappa shape index (κ3) is 4.02. The summed E-state index contributed by atoms with van der Waals surface area (Å²) in [5, 5.41) is 3.07. The van der Waals surface area contributed by atoms with Gasteiger partial charge in [0.1, 0.15) is 17.3 Å². The van der Waals surface area contributed by atoms with E-state index in [9.17, 15) is 9.18 Å². The second-order valence-electron chi connectivity index (χ2n) is 4.73. The predicted octanol–water partition coefficient (Wildman–Crippen LogP) is 2.92. The first-order chi connectivity index (χ1) is 10.1. The predicted molar refractivity (Wildman–Crippen MR) is 80.6 cm³/mol. The van der Waals surface area contributed by atoms with Crippen molar-refractivity contribution >= 4 is 11.7 Å². The summed E-state index contributed by atoms with van der Waals surface area (Å²) in [6, 6.07) is 11.5. The molecule has 0 radical (unpaired) electrons. The fourth-order valence-electron chi connectivity index (χ4n) is 2.01. The molecule has 1 aromatic heterocycles. The number of amides is 1. The van der Waals surface area contributed by atoms with Crippen molar-refractivity contribution in [3.05, 3.63) is 59.5 Å². The Morgan fingerprint density at radius 1 is 1.29 bits per heavy atom. The number of pyridine rings is 1. The second kappa shape index (κ2) is 6.83. The highest BCUT2D eigenvalue weighted by Gasteiger charge is 2.14. The van der Waals surface area contributed by atoms with E-state index in [1.807, 2.05) is 13.0 Å². The molecular weight excluding hydrogens is 269 g/mol. The Labute approximate surface area is 123 Å². The Morgan fingerprint density at radius 3 is 2.76 bits per heavy atom. The molecule has 0 aliphatic rings. The molecule has 1 heterocycles. The number of benzene rings is 1. The van der Waals surface area contributed by atoms with Gasteiger partial charge in [0.25, 0.3) is 5.91 Å². The number of hydrogen-bond donors (Lipinski definition) is 1. The van der Waals surface area contributed by atoms with Crippen molar-refractivity contribution in [1.82, 2.24) is 9.88 Å². The Morgan fingerprint density at radius 2 is 2.05 bits per heavy atom. The van der Waals surface area contributed by atoms with Crippen LogP contribution in [0.2, 0.25) is 0 Å². The van der Waals surface area contributed by atoms with Crippen molar-refractivity contribution in [3.63, 3.8) is 0 Å². The van der Waals surface area contributed by atoms with E-state index >= 15 is 0 Å². The number of nitrogens with zero attached hydrogens (tertiary/aromatic N) is 2. The highest BCUT2D eigenvalue weighted by atomic mass is 19.1. The van der Waals surface area contributed by atoms with Gasteiger partial charge in [-0.15, -0.1) is 0 Å². The van der Waals surface area contributed by atoms with E-state index in [2.05, 4.69) is 10.3 Å². The lowest BCUT2D eigenvalue weighted by Gasteiger charge is -2.17. The number of nitrogens with one attached hydrogen (secondary N) is 1. The van der Waals surface area contributed by atoms with Gasteiger partial charge in [0, 0.05) is 20.1 Å². The number of hydrogen-bond acceptors (Lipinski definition) is 3. The van der Waals surface area contributed by atoms with Crippen molar-refractivity contribution in [2.24, 2.45) is 0 Å². The van der Waals surface area contributed by atoms with Gasteiger partial charge in [-0.25, -0.2) is 9.37 Å². The van der Waals surface area contributed by atoms with Gasteiger partial charge in [-0.2, -0.15) is 0 Å². The van der Waals surface area contributed by atoms with Crippen LogP contribution >= 0.6 is 0 Å². The highest BCUT2D eigenvalue weighted by Crippen LogP contribution is 2.10. The van der Waals surface area contributed by atoms with Crippen LogP contribution in [0.1, 0.15) is 23.0 Å². The fourth-order valence-corrected chi connectivity index (χ4v) is 2.01. The van der Waals surface area contributed by atoms with Crippen LogP contribution in [-0.4, -0.2) is 29.4 Å². The van der Waals surface area contributed by atoms with E-state index in [0.717, 1.165) is 12.1 Å². The average Bonchev–Trinajstić information content (AvgIpc) is 2.47. The van der Waals surface area contributed by atoms with E-state index in [1.54, 1.807) is 31.3 Å². The molecule has 2 aromatic rings. The molecule has 2 rings (SSSR count). The van der Waals surface area contributed by atoms with Crippen LogP contribution in [0.25, 0.3) is 0 Å². The smallest absolute Gasteiger partial charge is 0.272 e. The van der Waals surface area contributed by atoms with Crippen LogP contribution in [0.4, 0.5) is 10.2 Å². The lowest BCUT2D eigenvalue weighted by molar-refractivity contribution is 0.0779. The lowest BCUT2D eigenvalue weighted by Crippen LogP contribution is -2.27. The topological polar surface area (TPSA) is 45.2 Å². The molecule has 4 nitrogen and oxygen atoms in total. The van der Waals surface area contributed by atoms with Gasteiger partial charge < -0.3 is 10.2 Å². The first-order valence-electron chi connectivity index (χ1n) is 6.81. The summed E-state index contributed by atoms with van der Waals surface area (Å²) >= 11 is 0. The number of aromatic nitrogens is 1. The minimum absolute atomic E-state index is 0.195. The van der Waals surface area contributed by atoms with Gasteiger partial charge in [-0.1, -0.05) is 18.2 Å². The van der Waals surface area contributed by atoms with Crippen LogP contribution in [0.5, 0.6) is 0 Å². The van der Waals surface area contributed by atoms with E-state index in [4.69, 9.17) is 0 Å². The van der Waals surface area contributed by atoms with Gasteiger partial charge in [0.2, 0.25) is 0 Å². The summed E-state index contributed by atoms with van der Waals surface area (Å²) in [5.41, 5.74) is 1.11. The number of carbonyl (C=O) groups is 1. The van der Waals surface area contributed by atoms with E-state index < -0.39 is 0 Å². The van der Waals surface area contributed by atoms with Crippen LogP contribution < -0.4 is 5.32 Å². The summed E-state index contributed by atoms with van der Waals surface area (Å²) in [4.78, 5) is 18.1. The molecule has 1 aromatic carbocycles. The number of anilines is 1. The molecule has 5 heteroatoms. The number of halogens is 1. The summed E-state index contributed by atoms with van der Waals surface area (Å²) in [5.74, 6) is 0.169. The third-order valence-corrected chi connectivity index (χ3v) is 2.98. The van der Waals surface area contributed by atoms with Crippen molar-refractivity contribution in [2.75, 3.05) is 18.9 Å². The van der Waals surface area contributed by atoms with E-state index in [0.29, 0.717) is 18.1 Å². The molecule has 110 valence electrons. The van der Waals surface area contributed by atoms with Gasteiger partial charge in [0.05, 0.1) is 0 Å². The zero-order chi connectivity index (χ0) is 15.2. The van der Waals surface area contributed by atoms with Gasteiger partial charge in [-0.05, 0) is 36.8 Å². The second-order valence-corrected chi connectivity index (χ2v) is 4.73. The molecule has 0 saturated carbocycles. The molecular formula is C16H18FN3O. The minimum atomic E-state index is -0.305. The van der Waals surface area contributed by atoms with Crippen LogP contribution in [0.15, 0.2) is 42.5 Å². The summed E-state index contributed by atoms with van der Waals surface area (Å²) in [6.45, 7) is 3.04. The van der Waals surface area contributed by atoms with Gasteiger partial charge >= 0.3 is 0 Å². The maximum Gasteiger partial charge on any atom is 0.272 e. The fraction of sp³-hybridized carbons (Fsp3) is 0.250. The van der Waals surface area contributed by atoms with E-state index in [-0.39, 0.29) is 11.7 Å². The number of rotatable bonds is 5. The van der Waals surface area contributed by atoms with Gasteiger partial charge in [-0.3, -0.25) is 4.79 Å². The molecule has 0 fully saturated rings. The van der Waals surface area contributed by atoms with Crippen LogP contribution in [0.3, 0.4) is 0 Å². The van der Waals surface area contributed by atoms with Crippen LogP contribution in [-0.2, 0) is 6.54 Å². The Bertz CT molecular complexity index is 630. The summed E-state index contributed by atoms with van der Waals surface area (Å²) in [7, 11) is 1.68. The van der Waals surface area contributed by atoms with Crippen molar-refractivity contribution in [1.29, 1.82) is 0 Å². The Kier molecular flexibility index (Phi) is 4.87. The van der Waals surface area contributed by atoms with E-state index in [1.165, 1.54) is 17.0 Å². The average molecular weight is 287 g/mol. The quantitative estimate of drug-likeness (QED) is 0.919. The Balaban J connectivity index is 2.10. The van der Waals surface area contributed by atoms with Gasteiger partial charge in [0.15, 0.2) is 0 Å². The maximum atomic E-state index is 13.2. The van der Waals surface area contributed by atoms with Crippen molar-refractivity contribution < 1.29 is 9.18 Å². The zero-order valence-corrected chi connectivity index (χ0v) is 12.1. The monoisotopic (exact) mass is 287 g/mol. The molecule has 0 spiro atoms. The number of carbonyl (C=O) groups excluding carboxylic acids is 1. The third-order valence-electron chi connectivity index (χ3n) is 2.98. The normalized spacial score (nSPS) is 10.2. The van der Waals surface area contributed by atoms with Crippen molar-refractivity contribution in [3.8, 4) is 0 Å². The molecule has 0 unspecified atom stereocenters. The molecule has 1 amide bonds. The first kappa shape index (κ1) is 15.0. The largest absolute Gasteiger partial charge is 0.370 e. The molecule has 0 atom stereocenters. The standard InChI is InChI=1S/C16H18FN3O/c1-3-18-15-9-5-8-14(19-15)16(21)20(2)11-12-6-4-7-13(17)10-12/h4-10H,3,11H2,1-2H3,(H,18,19). The molecule has 0 aliphatic heterocycles. The zero-order valence-electron chi connectivity index (χ0n) is 12.1. The molecule has 0 bridgehead atoms. The maximum absolute atomic E-state index is 13.2. The minimum Gasteiger partial charge on any atom is -0.370 e. The Hall–Kier alpha value is -2.43. The molecule has 1 N–H and O–H groups in total.